The molecule has 0 aliphatic carbocycles. The highest BCUT2D eigenvalue weighted by atomic mass is 16.5. The molecule has 0 N–H and O–H groups in total. The zero-order valence-electron chi connectivity index (χ0n) is 15.2. The molecule has 24 heavy (non-hydrogen) atoms. The zero-order valence-corrected chi connectivity index (χ0v) is 15.2. The van der Waals surface area contributed by atoms with Crippen LogP contribution in [0.3, 0.4) is 0 Å². The van der Waals surface area contributed by atoms with Crippen molar-refractivity contribution in [1.82, 2.24) is 9.80 Å². The average Bonchev–Trinajstić information content (AvgIpc) is 3.21. The van der Waals surface area contributed by atoms with Crippen LogP contribution in [0.1, 0.15) is 55.5 Å². The van der Waals surface area contributed by atoms with Crippen molar-refractivity contribution in [2.75, 3.05) is 20.1 Å². The first-order valence-corrected chi connectivity index (χ1v) is 9.28. The van der Waals surface area contributed by atoms with Gasteiger partial charge >= 0.3 is 0 Å². The fraction of sp³-hybridized carbons (Fsp3) is 0.650. The summed E-state index contributed by atoms with van der Waals surface area (Å²) < 4.78 is 5.62. The molecule has 0 aromatic heterocycles. The quantitative estimate of drug-likeness (QED) is 0.830. The normalized spacial score (nSPS) is 24.9. The molecule has 1 aromatic rings. The van der Waals surface area contributed by atoms with Gasteiger partial charge in [-0.3, -0.25) is 4.79 Å². The van der Waals surface area contributed by atoms with E-state index in [0.717, 1.165) is 37.1 Å². The van der Waals surface area contributed by atoms with E-state index in [1.807, 2.05) is 38.1 Å². The van der Waals surface area contributed by atoms with Gasteiger partial charge in [0, 0.05) is 24.2 Å². The minimum Gasteiger partial charge on any atom is -0.374 e. The predicted molar refractivity (Wildman–Crippen MR) is 96.1 cm³/mol. The number of carbonyl (C=O) groups is 1. The topological polar surface area (TPSA) is 32.8 Å². The summed E-state index contributed by atoms with van der Waals surface area (Å²) in [5, 5.41) is 0. The summed E-state index contributed by atoms with van der Waals surface area (Å²) in [7, 11) is 2.20. The van der Waals surface area contributed by atoms with Crippen LogP contribution in [-0.4, -0.2) is 54.0 Å². The lowest BCUT2D eigenvalue weighted by Gasteiger charge is -2.33. The molecule has 4 nitrogen and oxygen atoms in total. The van der Waals surface area contributed by atoms with E-state index in [1.165, 1.54) is 12.8 Å². The Morgan fingerprint density at radius 1 is 1.12 bits per heavy atom. The second kappa shape index (κ2) is 7.66. The minimum atomic E-state index is 0.189. The van der Waals surface area contributed by atoms with E-state index in [2.05, 4.69) is 16.8 Å². The third kappa shape index (κ3) is 3.81. The molecule has 3 rings (SSSR count). The highest BCUT2D eigenvalue weighted by Gasteiger charge is 2.38. The van der Waals surface area contributed by atoms with Gasteiger partial charge in [0.15, 0.2) is 0 Å². The van der Waals surface area contributed by atoms with E-state index in [-0.39, 0.29) is 12.0 Å². The number of rotatable bonds is 5. The molecule has 2 saturated heterocycles. The number of likely N-dealkylation sites (tertiary alicyclic amines) is 2. The van der Waals surface area contributed by atoms with Crippen molar-refractivity contribution < 1.29 is 9.53 Å². The van der Waals surface area contributed by atoms with Crippen LogP contribution in [0.5, 0.6) is 0 Å². The van der Waals surface area contributed by atoms with E-state index >= 15 is 0 Å². The fourth-order valence-corrected chi connectivity index (χ4v) is 4.04. The van der Waals surface area contributed by atoms with Crippen LogP contribution >= 0.6 is 0 Å². The smallest absolute Gasteiger partial charge is 0.254 e. The van der Waals surface area contributed by atoms with Gasteiger partial charge in [0.1, 0.15) is 0 Å². The third-order valence-corrected chi connectivity index (χ3v) is 5.37. The lowest BCUT2D eigenvalue weighted by atomic mass is 10.0. The molecule has 1 amide bonds. The zero-order chi connectivity index (χ0) is 17.1. The first-order valence-electron chi connectivity index (χ1n) is 9.28. The molecule has 132 valence electrons. The fourth-order valence-electron chi connectivity index (χ4n) is 4.04. The van der Waals surface area contributed by atoms with Crippen molar-refractivity contribution in [3.63, 3.8) is 0 Å². The summed E-state index contributed by atoms with van der Waals surface area (Å²) in [4.78, 5) is 17.5. The number of ether oxygens (including phenoxy) is 1. The first-order chi connectivity index (χ1) is 11.6. The highest BCUT2D eigenvalue weighted by Crippen LogP contribution is 2.30. The van der Waals surface area contributed by atoms with Crippen molar-refractivity contribution in [1.29, 1.82) is 0 Å². The van der Waals surface area contributed by atoms with Crippen molar-refractivity contribution in [2.45, 2.75) is 64.3 Å². The maximum Gasteiger partial charge on any atom is 0.254 e. The van der Waals surface area contributed by atoms with Gasteiger partial charge < -0.3 is 14.5 Å². The van der Waals surface area contributed by atoms with Gasteiger partial charge in [-0.15, -0.1) is 0 Å². The van der Waals surface area contributed by atoms with E-state index in [9.17, 15) is 4.79 Å². The molecule has 2 aliphatic rings. The molecule has 0 unspecified atom stereocenters. The molecule has 1 aromatic carbocycles. The Hall–Kier alpha value is -1.39. The molecular formula is C20H30N2O2. The van der Waals surface area contributed by atoms with Gasteiger partial charge in [0.05, 0.1) is 12.7 Å². The molecule has 0 saturated carbocycles. The van der Waals surface area contributed by atoms with Crippen molar-refractivity contribution >= 4 is 5.91 Å². The predicted octanol–water partition coefficient (Wildman–Crippen LogP) is 3.31. The van der Waals surface area contributed by atoms with E-state index in [4.69, 9.17) is 4.74 Å². The summed E-state index contributed by atoms with van der Waals surface area (Å²) in [6.07, 6.45) is 4.96. The molecule has 0 radical (unpaired) electrons. The van der Waals surface area contributed by atoms with Crippen LogP contribution in [-0.2, 0) is 11.3 Å². The molecule has 2 aliphatic heterocycles. The Kier molecular flexibility index (Phi) is 5.57. The number of nitrogens with zero attached hydrogens (tertiary/aromatic N) is 2. The molecule has 2 heterocycles. The van der Waals surface area contributed by atoms with Crippen LogP contribution in [0.15, 0.2) is 24.3 Å². The highest BCUT2D eigenvalue weighted by molar-refractivity contribution is 5.94. The molecule has 0 spiro atoms. The Balaban J connectivity index is 1.66. The second-order valence-corrected chi connectivity index (χ2v) is 7.45. The summed E-state index contributed by atoms with van der Waals surface area (Å²) in [5.41, 5.74) is 1.92. The summed E-state index contributed by atoms with van der Waals surface area (Å²) in [6, 6.07) is 8.86. The molecule has 0 bridgehead atoms. The van der Waals surface area contributed by atoms with Gasteiger partial charge in [-0.1, -0.05) is 12.1 Å². The molecule has 2 fully saturated rings. The Bertz CT molecular complexity index is 555. The van der Waals surface area contributed by atoms with Gasteiger partial charge in [-0.05, 0) is 70.8 Å². The lowest BCUT2D eigenvalue weighted by Crippen LogP contribution is -2.47. The largest absolute Gasteiger partial charge is 0.374 e. The average molecular weight is 330 g/mol. The number of hydrogen-bond donors (Lipinski definition) is 0. The summed E-state index contributed by atoms with van der Waals surface area (Å²) in [5.74, 6) is 0.189. The monoisotopic (exact) mass is 330 g/mol. The van der Waals surface area contributed by atoms with Crippen LogP contribution in [0.2, 0.25) is 0 Å². The van der Waals surface area contributed by atoms with Gasteiger partial charge in [-0.2, -0.15) is 0 Å². The Morgan fingerprint density at radius 3 is 2.42 bits per heavy atom. The maximum atomic E-state index is 13.0. The van der Waals surface area contributed by atoms with Crippen molar-refractivity contribution in [3.05, 3.63) is 35.4 Å². The Labute approximate surface area is 145 Å². The standard InChI is InChI=1S/C20H30N2O2/c1-15(2)24-14-16-8-10-17(11-9-16)20(23)22-13-5-7-19(22)18-6-4-12-21(18)3/h8-11,15,18-19H,4-7,12-14H2,1-3H3/t18-,19-/m1/s1. The summed E-state index contributed by atoms with van der Waals surface area (Å²) >= 11 is 0. The lowest BCUT2D eigenvalue weighted by molar-refractivity contribution is 0.0648. The maximum absolute atomic E-state index is 13.0. The van der Waals surface area contributed by atoms with Crippen LogP contribution in [0.4, 0.5) is 0 Å². The van der Waals surface area contributed by atoms with Gasteiger partial charge in [0.25, 0.3) is 5.91 Å². The van der Waals surface area contributed by atoms with Crippen LogP contribution in [0, 0.1) is 0 Å². The summed E-state index contributed by atoms with van der Waals surface area (Å²) in [6.45, 7) is 6.72. The number of amides is 1. The molecular weight excluding hydrogens is 300 g/mol. The SMILES string of the molecule is CC(C)OCc1ccc(C(=O)N2CCC[C@@H]2[C@H]2CCCN2C)cc1. The van der Waals surface area contributed by atoms with Crippen molar-refractivity contribution in [3.8, 4) is 0 Å². The van der Waals surface area contributed by atoms with E-state index in [0.29, 0.717) is 18.7 Å². The van der Waals surface area contributed by atoms with E-state index in [1.54, 1.807) is 0 Å². The third-order valence-electron chi connectivity index (χ3n) is 5.37. The van der Waals surface area contributed by atoms with Gasteiger partial charge in [-0.25, -0.2) is 0 Å². The van der Waals surface area contributed by atoms with Crippen molar-refractivity contribution in [2.24, 2.45) is 0 Å². The Morgan fingerprint density at radius 2 is 1.79 bits per heavy atom. The number of likely N-dealkylation sites (N-methyl/N-ethyl adjacent to an activating group) is 1. The molecule has 4 heteroatoms. The van der Waals surface area contributed by atoms with Crippen LogP contribution in [0.25, 0.3) is 0 Å². The molecule has 2 atom stereocenters. The minimum absolute atomic E-state index is 0.189. The number of hydrogen-bond acceptors (Lipinski definition) is 3. The first kappa shape index (κ1) is 17.4. The second-order valence-electron chi connectivity index (χ2n) is 7.45. The van der Waals surface area contributed by atoms with Crippen LogP contribution < -0.4 is 0 Å². The van der Waals surface area contributed by atoms with E-state index < -0.39 is 0 Å². The van der Waals surface area contributed by atoms with Gasteiger partial charge in [0.2, 0.25) is 0 Å². The number of carbonyl (C=O) groups excluding carboxylic acids is 1. The number of benzene rings is 1.